The van der Waals surface area contributed by atoms with Gasteiger partial charge in [0.05, 0.1) is 11.3 Å². The largest absolute Gasteiger partial charge is 0.508 e. The quantitative estimate of drug-likeness (QED) is 0.419. The van der Waals surface area contributed by atoms with Crippen LogP contribution in [0, 0.1) is 11.8 Å². The van der Waals surface area contributed by atoms with Crippen LogP contribution in [0.1, 0.15) is 43.2 Å². The first-order valence-corrected chi connectivity index (χ1v) is 11.2. The third-order valence-corrected chi connectivity index (χ3v) is 7.61. The zero-order valence-corrected chi connectivity index (χ0v) is 18.0. The summed E-state index contributed by atoms with van der Waals surface area (Å²) >= 11 is 0. The lowest BCUT2D eigenvalue weighted by Crippen LogP contribution is -2.58. The van der Waals surface area contributed by atoms with Gasteiger partial charge in [-0.15, -0.1) is 0 Å². The lowest BCUT2D eigenvalue weighted by Gasteiger charge is -2.46. The molecule has 174 valence electrons. The van der Waals surface area contributed by atoms with E-state index in [0.717, 1.165) is 32.4 Å². The second kappa shape index (κ2) is 7.34. The molecule has 0 radical (unpaired) electrons. The fourth-order valence-electron chi connectivity index (χ4n) is 5.98. The number of rotatable bonds is 2. The third-order valence-electron chi connectivity index (χ3n) is 7.61. The minimum Gasteiger partial charge on any atom is -0.508 e. The van der Waals surface area contributed by atoms with Crippen molar-refractivity contribution >= 4 is 28.9 Å². The van der Waals surface area contributed by atoms with Crippen LogP contribution in [-0.4, -0.2) is 56.6 Å². The van der Waals surface area contributed by atoms with Gasteiger partial charge < -0.3 is 31.1 Å². The Kier molecular flexibility index (Phi) is 4.79. The highest BCUT2D eigenvalue weighted by molar-refractivity contribution is 6.22. The number of ketones is 2. The summed E-state index contributed by atoms with van der Waals surface area (Å²) in [6, 6.07) is 3.64. The molecule has 0 bridgehead atoms. The zero-order chi connectivity index (χ0) is 23.7. The van der Waals surface area contributed by atoms with Gasteiger partial charge in [0.2, 0.25) is 5.78 Å². The molecule has 1 saturated carbocycles. The molecule has 9 nitrogen and oxygen atoms in total. The Morgan fingerprint density at radius 3 is 2.42 bits per heavy atom. The number of aliphatic hydroxyl groups excluding tert-OH is 2. The van der Waals surface area contributed by atoms with Crippen LogP contribution in [0.5, 0.6) is 5.75 Å². The minimum absolute atomic E-state index is 0.114. The van der Waals surface area contributed by atoms with Crippen molar-refractivity contribution in [2.45, 2.75) is 44.1 Å². The van der Waals surface area contributed by atoms with Crippen molar-refractivity contribution in [3.8, 4) is 5.75 Å². The van der Waals surface area contributed by atoms with Crippen LogP contribution in [0.2, 0.25) is 0 Å². The Balaban J connectivity index is 1.64. The SMILES string of the molecule is NC(=O)C1=C(O)C2(O)C(=O)C3=C(O)c4c(ccc(N5CCCCC5)c4O)CC3CC2CC1=O. The number of piperidine rings is 1. The fourth-order valence-corrected chi connectivity index (χ4v) is 5.98. The van der Waals surface area contributed by atoms with Crippen LogP contribution in [0.15, 0.2) is 29.0 Å². The maximum Gasteiger partial charge on any atom is 0.255 e. The monoisotopic (exact) mass is 454 g/mol. The predicted octanol–water partition coefficient (Wildman–Crippen LogP) is 1.41. The Bertz CT molecular complexity index is 1160. The standard InChI is InChI=1S/C24H26N2O7/c25-23(32)18-15(27)10-13-9-12-8-11-4-5-14(26-6-2-1-3-7-26)19(28)16(11)20(29)17(12)21(30)24(13,33)22(18)31/h4-5,12-13,28-29,31,33H,1-3,6-10H2,(H2,25,32). The number of nitrogens with two attached hydrogens (primary N) is 1. The molecule has 4 aliphatic rings. The first-order valence-electron chi connectivity index (χ1n) is 11.2. The molecule has 3 unspecified atom stereocenters. The molecule has 1 aliphatic heterocycles. The van der Waals surface area contributed by atoms with E-state index in [0.29, 0.717) is 17.7 Å². The van der Waals surface area contributed by atoms with E-state index < -0.39 is 52.0 Å². The predicted molar refractivity (Wildman–Crippen MR) is 117 cm³/mol. The van der Waals surface area contributed by atoms with E-state index in [2.05, 4.69) is 0 Å². The number of phenolic OH excluding ortho intramolecular Hbond substituents is 1. The van der Waals surface area contributed by atoms with Crippen molar-refractivity contribution in [2.24, 2.45) is 17.6 Å². The highest BCUT2D eigenvalue weighted by Gasteiger charge is 2.60. The Morgan fingerprint density at radius 2 is 1.76 bits per heavy atom. The summed E-state index contributed by atoms with van der Waals surface area (Å²) in [5, 5.41) is 44.1. The first kappa shape index (κ1) is 21.5. The van der Waals surface area contributed by atoms with Crippen molar-refractivity contribution in [2.75, 3.05) is 18.0 Å². The molecule has 0 spiro atoms. The van der Waals surface area contributed by atoms with Crippen LogP contribution < -0.4 is 10.6 Å². The number of nitrogens with zero attached hydrogens (tertiary/aromatic N) is 1. The first-order chi connectivity index (χ1) is 15.7. The highest BCUT2D eigenvalue weighted by atomic mass is 16.3. The number of carbonyl (C=O) groups excluding carboxylic acids is 3. The van der Waals surface area contributed by atoms with Crippen LogP contribution in [0.4, 0.5) is 5.69 Å². The number of fused-ring (bicyclic) bond motifs is 3. The van der Waals surface area contributed by atoms with Crippen LogP contribution in [0.25, 0.3) is 5.76 Å². The van der Waals surface area contributed by atoms with Gasteiger partial charge in [0.15, 0.2) is 11.4 Å². The molecule has 33 heavy (non-hydrogen) atoms. The number of carbonyl (C=O) groups is 3. The molecule has 1 saturated heterocycles. The molecular formula is C24H26N2O7. The summed E-state index contributed by atoms with van der Waals surface area (Å²) < 4.78 is 0. The summed E-state index contributed by atoms with van der Waals surface area (Å²) in [5.41, 5.74) is 3.15. The summed E-state index contributed by atoms with van der Waals surface area (Å²) in [6.07, 6.45) is 3.23. The molecule has 6 N–H and O–H groups in total. The number of benzene rings is 1. The Hall–Kier alpha value is -3.33. The second-order valence-electron chi connectivity index (χ2n) is 9.42. The fraction of sp³-hybridized carbons (Fsp3) is 0.458. The maximum atomic E-state index is 13.5. The number of hydrogen-bond acceptors (Lipinski definition) is 8. The molecule has 1 aromatic carbocycles. The average molecular weight is 454 g/mol. The average Bonchev–Trinajstić information content (AvgIpc) is 2.76. The number of amides is 1. The van der Waals surface area contributed by atoms with Gasteiger partial charge in [0.25, 0.3) is 5.91 Å². The number of aliphatic hydroxyl groups is 3. The summed E-state index contributed by atoms with van der Waals surface area (Å²) in [4.78, 5) is 39.6. The van der Waals surface area contributed by atoms with Gasteiger partial charge >= 0.3 is 0 Å². The molecule has 1 aromatic rings. The van der Waals surface area contributed by atoms with Crippen LogP contribution in [0.3, 0.4) is 0 Å². The van der Waals surface area contributed by atoms with Crippen molar-refractivity contribution in [1.82, 2.24) is 0 Å². The van der Waals surface area contributed by atoms with E-state index in [9.17, 15) is 34.8 Å². The number of Topliss-reactive ketones (excluding diaryl/α,β-unsaturated/α-hetero) is 2. The minimum atomic E-state index is -2.53. The number of anilines is 1. The number of hydrogen-bond donors (Lipinski definition) is 5. The lowest BCUT2D eigenvalue weighted by atomic mass is 9.59. The van der Waals surface area contributed by atoms with Gasteiger partial charge in [0.1, 0.15) is 22.8 Å². The molecular weight excluding hydrogens is 428 g/mol. The molecule has 3 atom stereocenters. The van der Waals surface area contributed by atoms with Crippen molar-refractivity contribution < 1.29 is 34.8 Å². The topological polar surface area (TPSA) is 161 Å². The Labute approximate surface area is 189 Å². The van der Waals surface area contributed by atoms with E-state index in [-0.39, 0.29) is 29.7 Å². The van der Waals surface area contributed by atoms with E-state index in [1.807, 2.05) is 17.0 Å². The molecule has 1 amide bonds. The highest BCUT2D eigenvalue weighted by Crippen LogP contribution is 2.52. The normalized spacial score (nSPS) is 29.5. The van der Waals surface area contributed by atoms with Crippen LogP contribution >= 0.6 is 0 Å². The van der Waals surface area contributed by atoms with Gasteiger partial charge in [-0.1, -0.05) is 6.07 Å². The van der Waals surface area contributed by atoms with Crippen molar-refractivity contribution in [3.05, 3.63) is 40.2 Å². The molecule has 2 fully saturated rings. The van der Waals surface area contributed by atoms with Gasteiger partial charge in [-0.2, -0.15) is 0 Å². The van der Waals surface area contributed by atoms with E-state index >= 15 is 0 Å². The van der Waals surface area contributed by atoms with Gasteiger partial charge in [-0.05, 0) is 49.7 Å². The van der Waals surface area contributed by atoms with E-state index in [1.54, 1.807) is 0 Å². The maximum absolute atomic E-state index is 13.5. The molecule has 3 aliphatic carbocycles. The zero-order valence-electron chi connectivity index (χ0n) is 18.0. The van der Waals surface area contributed by atoms with Crippen molar-refractivity contribution in [1.29, 1.82) is 0 Å². The van der Waals surface area contributed by atoms with Crippen LogP contribution in [-0.2, 0) is 20.8 Å². The van der Waals surface area contributed by atoms with Gasteiger partial charge in [-0.3, -0.25) is 14.4 Å². The van der Waals surface area contributed by atoms with Gasteiger partial charge in [0, 0.05) is 31.0 Å². The molecule has 0 aromatic heterocycles. The Morgan fingerprint density at radius 1 is 1.06 bits per heavy atom. The lowest BCUT2D eigenvalue weighted by molar-refractivity contribution is -0.147. The second-order valence-corrected chi connectivity index (χ2v) is 9.42. The van der Waals surface area contributed by atoms with Gasteiger partial charge in [-0.25, -0.2) is 0 Å². The number of aromatic hydroxyl groups is 1. The summed E-state index contributed by atoms with van der Waals surface area (Å²) in [6.45, 7) is 1.55. The molecule has 9 heteroatoms. The number of phenols is 1. The summed E-state index contributed by atoms with van der Waals surface area (Å²) in [7, 11) is 0. The molecule has 5 rings (SSSR count). The smallest absolute Gasteiger partial charge is 0.255 e. The van der Waals surface area contributed by atoms with E-state index in [1.165, 1.54) is 0 Å². The number of primary amides is 1. The van der Waals surface area contributed by atoms with E-state index in [4.69, 9.17) is 5.73 Å². The molecule has 1 heterocycles. The van der Waals surface area contributed by atoms with Crippen molar-refractivity contribution in [3.63, 3.8) is 0 Å². The summed E-state index contributed by atoms with van der Waals surface area (Å²) in [5.74, 6) is -6.02. The third kappa shape index (κ3) is 2.91.